The minimum atomic E-state index is -3.72. The second-order valence-electron chi connectivity index (χ2n) is 6.60. The Labute approximate surface area is 170 Å². The maximum atomic E-state index is 13.5. The van der Waals surface area contributed by atoms with E-state index in [1.165, 1.54) is 6.07 Å². The van der Waals surface area contributed by atoms with Crippen molar-refractivity contribution in [3.05, 3.63) is 83.1 Å². The first-order chi connectivity index (χ1) is 13.5. The summed E-state index contributed by atoms with van der Waals surface area (Å²) >= 11 is 6.05. The van der Waals surface area contributed by atoms with Gasteiger partial charge in [0.15, 0.2) is 0 Å². The summed E-state index contributed by atoms with van der Waals surface area (Å²) in [6.07, 6.45) is 1.99. The molecule has 1 unspecified atom stereocenters. The van der Waals surface area contributed by atoms with E-state index in [4.69, 9.17) is 16.3 Å². The summed E-state index contributed by atoms with van der Waals surface area (Å²) in [5.41, 5.74) is 1.84. The fourth-order valence-corrected chi connectivity index (χ4v) is 5.52. The Kier molecular flexibility index (Phi) is 5.19. The molecule has 0 radical (unpaired) electrons. The zero-order chi connectivity index (χ0) is 19.7. The van der Waals surface area contributed by atoms with Gasteiger partial charge in [-0.2, -0.15) is 4.31 Å². The molecule has 0 N–H and O–H groups in total. The molecule has 146 valence electrons. The van der Waals surface area contributed by atoms with Gasteiger partial charge in [-0.05, 0) is 55.0 Å². The van der Waals surface area contributed by atoms with Gasteiger partial charge >= 0.3 is 0 Å². The zero-order valence-electron chi connectivity index (χ0n) is 15.5. The van der Waals surface area contributed by atoms with Crippen molar-refractivity contribution in [3.63, 3.8) is 0 Å². The molecule has 1 aliphatic heterocycles. The van der Waals surface area contributed by atoms with E-state index < -0.39 is 16.1 Å². The Morgan fingerprint density at radius 3 is 2.57 bits per heavy atom. The number of benzene rings is 2. The van der Waals surface area contributed by atoms with Gasteiger partial charge in [-0.25, -0.2) is 8.42 Å². The first-order valence-corrected chi connectivity index (χ1v) is 11.0. The first-order valence-electron chi connectivity index (χ1n) is 9.16. The number of hydrogen-bond acceptors (Lipinski definition) is 3. The van der Waals surface area contributed by atoms with E-state index in [0.717, 1.165) is 17.0 Å². The molecule has 1 aliphatic rings. The summed E-state index contributed by atoms with van der Waals surface area (Å²) in [7, 11) is -3.72. The van der Waals surface area contributed by atoms with Gasteiger partial charge in [0, 0.05) is 30.0 Å². The summed E-state index contributed by atoms with van der Waals surface area (Å²) in [6.45, 7) is 3.51. The second kappa shape index (κ2) is 7.62. The Morgan fingerprint density at radius 2 is 1.86 bits per heavy atom. The number of sulfonamides is 1. The van der Waals surface area contributed by atoms with Crippen LogP contribution in [0.3, 0.4) is 0 Å². The lowest BCUT2D eigenvalue weighted by molar-refractivity contribution is 0.298. The molecule has 0 bridgehead atoms. The van der Waals surface area contributed by atoms with Crippen LogP contribution in [0.2, 0.25) is 5.02 Å². The minimum absolute atomic E-state index is 0.205. The zero-order valence-corrected chi connectivity index (χ0v) is 17.0. The van der Waals surface area contributed by atoms with E-state index in [-0.39, 0.29) is 4.90 Å². The average molecular weight is 417 g/mol. The number of rotatable bonds is 5. The fraction of sp³-hybridized carbons (Fsp3) is 0.238. The number of halogens is 1. The topological polar surface area (TPSA) is 51.5 Å². The highest BCUT2D eigenvalue weighted by Gasteiger charge is 2.37. The molecular formula is C21H21ClN2O3S. The van der Waals surface area contributed by atoms with Crippen molar-refractivity contribution in [2.45, 2.75) is 24.4 Å². The third-order valence-corrected chi connectivity index (χ3v) is 7.00. The van der Waals surface area contributed by atoms with Gasteiger partial charge in [0.05, 0.1) is 17.5 Å². The minimum Gasteiger partial charge on any atom is -0.494 e. The maximum absolute atomic E-state index is 13.5. The Morgan fingerprint density at radius 1 is 1.07 bits per heavy atom. The lowest BCUT2D eigenvalue weighted by atomic mass is 10.0. The van der Waals surface area contributed by atoms with Crippen LogP contribution in [0.25, 0.3) is 0 Å². The van der Waals surface area contributed by atoms with Crippen molar-refractivity contribution in [1.82, 2.24) is 8.87 Å². The molecule has 0 amide bonds. The number of hydrogen-bond donors (Lipinski definition) is 0. The Balaban J connectivity index is 1.80. The van der Waals surface area contributed by atoms with E-state index in [2.05, 4.69) is 4.57 Å². The number of fused-ring (bicyclic) bond motifs is 1. The van der Waals surface area contributed by atoms with Crippen molar-refractivity contribution in [3.8, 4) is 5.75 Å². The summed E-state index contributed by atoms with van der Waals surface area (Å²) in [5, 5.41) is 0.402. The molecule has 7 heteroatoms. The molecule has 2 aromatic carbocycles. The van der Waals surface area contributed by atoms with Gasteiger partial charge in [0.2, 0.25) is 10.0 Å². The molecule has 3 aromatic rings. The average Bonchev–Trinajstić information content (AvgIpc) is 3.17. The summed E-state index contributed by atoms with van der Waals surface area (Å²) in [6, 6.07) is 17.5. The van der Waals surface area contributed by atoms with E-state index in [1.54, 1.807) is 22.5 Å². The van der Waals surface area contributed by atoms with E-state index >= 15 is 0 Å². The number of ether oxygens (including phenoxy) is 1. The number of nitrogens with zero attached hydrogens (tertiary/aromatic N) is 2. The van der Waals surface area contributed by atoms with E-state index in [0.29, 0.717) is 24.7 Å². The molecule has 5 nitrogen and oxygen atoms in total. The van der Waals surface area contributed by atoms with Crippen molar-refractivity contribution < 1.29 is 13.2 Å². The third kappa shape index (κ3) is 3.43. The lowest BCUT2D eigenvalue weighted by Gasteiger charge is -2.36. The largest absolute Gasteiger partial charge is 0.494 e. The Hall–Kier alpha value is -2.28. The molecule has 0 aliphatic carbocycles. The molecule has 0 saturated carbocycles. The number of aromatic nitrogens is 1. The van der Waals surface area contributed by atoms with Gasteiger partial charge in [-0.15, -0.1) is 0 Å². The predicted molar refractivity (Wildman–Crippen MR) is 109 cm³/mol. The SMILES string of the molecule is CCOc1ccc(C2c3cccn3CCN2S(=O)(=O)c2cccc(Cl)c2)cc1. The van der Waals surface area contributed by atoms with Crippen LogP contribution in [0.4, 0.5) is 0 Å². The smallest absolute Gasteiger partial charge is 0.244 e. The normalized spacial score (nSPS) is 17.3. The molecule has 1 aromatic heterocycles. The van der Waals surface area contributed by atoms with Gasteiger partial charge in [0.25, 0.3) is 0 Å². The quantitative estimate of drug-likeness (QED) is 0.621. The van der Waals surface area contributed by atoms with Crippen LogP contribution < -0.4 is 4.74 Å². The van der Waals surface area contributed by atoms with Crippen LogP contribution in [0.1, 0.15) is 24.2 Å². The molecular weight excluding hydrogens is 396 g/mol. The summed E-state index contributed by atoms with van der Waals surface area (Å²) in [4.78, 5) is 0.205. The van der Waals surface area contributed by atoms with Crippen molar-refractivity contribution in [2.75, 3.05) is 13.2 Å². The summed E-state index contributed by atoms with van der Waals surface area (Å²) in [5.74, 6) is 0.765. The van der Waals surface area contributed by atoms with Crippen LogP contribution in [-0.2, 0) is 16.6 Å². The highest BCUT2D eigenvalue weighted by Crippen LogP contribution is 2.37. The monoisotopic (exact) mass is 416 g/mol. The molecule has 0 saturated heterocycles. The second-order valence-corrected chi connectivity index (χ2v) is 8.93. The first kappa shape index (κ1) is 19.1. The Bertz CT molecular complexity index is 1080. The van der Waals surface area contributed by atoms with Crippen LogP contribution in [0.15, 0.2) is 71.8 Å². The highest BCUT2D eigenvalue weighted by molar-refractivity contribution is 7.89. The van der Waals surface area contributed by atoms with Crippen LogP contribution in [-0.4, -0.2) is 30.4 Å². The molecule has 2 heterocycles. The van der Waals surface area contributed by atoms with E-state index in [1.807, 2.05) is 49.5 Å². The van der Waals surface area contributed by atoms with Crippen LogP contribution >= 0.6 is 11.6 Å². The standard InChI is InChI=1S/C21H21ClN2O3S/c1-2-27-18-10-8-16(9-11-18)21-20-7-4-12-23(20)13-14-24(21)28(25,26)19-6-3-5-17(22)15-19/h3-12,15,21H,2,13-14H2,1H3. The van der Waals surface area contributed by atoms with Crippen molar-refractivity contribution in [2.24, 2.45) is 0 Å². The van der Waals surface area contributed by atoms with Crippen molar-refractivity contribution >= 4 is 21.6 Å². The van der Waals surface area contributed by atoms with Crippen molar-refractivity contribution in [1.29, 1.82) is 0 Å². The molecule has 0 fully saturated rings. The predicted octanol–water partition coefficient (Wildman–Crippen LogP) is 4.33. The fourth-order valence-electron chi connectivity index (χ4n) is 3.63. The third-order valence-electron chi connectivity index (χ3n) is 4.90. The molecule has 1 atom stereocenters. The molecule has 0 spiro atoms. The van der Waals surface area contributed by atoms with Gasteiger partial charge in [-0.1, -0.05) is 29.8 Å². The van der Waals surface area contributed by atoms with Gasteiger partial charge in [-0.3, -0.25) is 0 Å². The maximum Gasteiger partial charge on any atom is 0.244 e. The summed E-state index contributed by atoms with van der Waals surface area (Å²) < 4.78 is 36.1. The van der Waals surface area contributed by atoms with Crippen LogP contribution in [0.5, 0.6) is 5.75 Å². The molecule has 28 heavy (non-hydrogen) atoms. The lowest BCUT2D eigenvalue weighted by Crippen LogP contribution is -2.42. The van der Waals surface area contributed by atoms with Gasteiger partial charge < -0.3 is 9.30 Å². The van der Waals surface area contributed by atoms with Crippen LogP contribution in [0, 0.1) is 0 Å². The van der Waals surface area contributed by atoms with E-state index in [9.17, 15) is 8.42 Å². The van der Waals surface area contributed by atoms with Gasteiger partial charge in [0.1, 0.15) is 5.75 Å². The molecule has 4 rings (SSSR count). The highest BCUT2D eigenvalue weighted by atomic mass is 35.5.